The highest BCUT2D eigenvalue weighted by atomic mass is 16.5. The van der Waals surface area contributed by atoms with Crippen LogP contribution in [0.25, 0.3) is 0 Å². The second-order valence-corrected chi connectivity index (χ2v) is 11.5. The maximum absolute atomic E-state index is 10.1. The minimum Gasteiger partial charge on any atom is -0.393 e. The van der Waals surface area contributed by atoms with E-state index < -0.39 is 17.8 Å². The topological polar surface area (TPSA) is 69.9 Å². The van der Waals surface area contributed by atoms with Crippen LogP contribution in [0.3, 0.4) is 0 Å². The average molecular weight is 447 g/mol. The average Bonchev–Trinajstić information content (AvgIpc) is 3.06. The molecule has 3 aliphatic rings. The lowest BCUT2D eigenvalue weighted by molar-refractivity contribution is -0.0274. The first-order chi connectivity index (χ1) is 15.0. The van der Waals surface area contributed by atoms with Crippen molar-refractivity contribution in [3.8, 4) is 0 Å². The van der Waals surface area contributed by atoms with Crippen molar-refractivity contribution in [2.24, 2.45) is 17.3 Å². The minimum absolute atomic E-state index is 0.258. The zero-order valence-electron chi connectivity index (χ0n) is 20.8. The first-order valence-corrected chi connectivity index (χ1v) is 12.8. The van der Waals surface area contributed by atoms with E-state index in [2.05, 4.69) is 32.6 Å². The van der Waals surface area contributed by atoms with Crippen LogP contribution in [0.5, 0.6) is 0 Å². The van der Waals surface area contributed by atoms with Gasteiger partial charge >= 0.3 is 0 Å². The smallest absolute Gasteiger partial charge is 0.0811 e. The summed E-state index contributed by atoms with van der Waals surface area (Å²) in [6.45, 7) is 13.3. The van der Waals surface area contributed by atoms with Gasteiger partial charge in [0.25, 0.3) is 0 Å². The summed E-state index contributed by atoms with van der Waals surface area (Å²) < 4.78 is 6.30. The van der Waals surface area contributed by atoms with Crippen LogP contribution in [0.15, 0.2) is 35.5 Å². The lowest BCUT2D eigenvalue weighted by Crippen LogP contribution is -2.38. The van der Waals surface area contributed by atoms with E-state index >= 15 is 0 Å². The zero-order valence-corrected chi connectivity index (χ0v) is 20.8. The van der Waals surface area contributed by atoms with Crippen molar-refractivity contribution >= 4 is 0 Å². The Labute approximate surface area is 195 Å². The maximum Gasteiger partial charge on any atom is 0.0811 e. The van der Waals surface area contributed by atoms with Crippen molar-refractivity contribution in [2.75, 3.05) is 6.61 Å². The molecule has 3 N–H and O–H groups in total. The van der Waals surface area contributed by atoms with Crippen molar-refractivity contribution in [3.63, 3.8) is 0 Å². The number of allylic oxidation sites excluding steroid dienone is 3. The molecule has 0 amide bonds. The Morgan fingerprint density at radius 1 is 1.22 bits per heavy atom. The largest absolute Gasteiger partial charge is 0.393 e. The third kappa shape index (κ3) is 6.14. The lowest BCUT2D eigenvalue weighted by atomic mass is 9.62. The normalized spacial score (nSPS) is 37.2. The molecule has 0 heterocycles. The molecule has 6 atom stereocenters. The van der Waals surface area contributed by atoms with E-state index in [0.717, 1.165) is 43.4 Å². The number of fused-ring (bicyclic) bond motifs is 1. The fraction of sp³-hybridized carbons (Fsp3) is 0.786. The molecule has 0 saturated heterocycles. The number of rotatable bonds is 8. The quantitative estimate of drug-likeness (QED) is 0.432. The van der Waals surface area contributed by atoms with Gasteiger partial charge in [0.2, 0.25) is 0 Å². The molecule has 3 aliphatic carbocycles. The van der Waals surface area contributed by atoms with E-state index in [4.69, 9.17) is 4.74 Å². The van der Waals surface area contributed by atoms with E-state index in [9.17, 15) is 15.3 Å². The molecule has 3 saturated carbocycles. The number of hydrogen-bond donors (Lipinski definition) is 3. The summed E-state index contributed by atoms with van der Waals surface area (Å²) in [7, 11) is 0. The fourth-order valence-electron chi connectivity index (χ4n) is 6.56. The predicted octanol–water partition coefficient (Wildman–Crippen LogP) is 5.47. The Kier molecular flexibility index (Phi) is 8.46. The van der Waals surface area contributed by atoms with Gasteiger partial charge in [-0.15, -0.1) is 0 Å². The van der Waals surface area contributed by atoms with Gasteiger partial charge in [0, 0.05) is 13.0 Å². The second-order valence-electron chi connectivity index (χ2n) is 11.5. The molecule has 3 rings (SSSR count). The molecule has 0 aromatic carbocycles. The van der Waals surface area contributed by atoms with Crippen molar-refractivity contribution in [1.82, 2.24) is 0 Å². The SMILES string of the molecule is C=C1/C(=C\C=C2/CCC[C@]3(C)[C@@H]([C@@H](C)OCCCCC(C)(C)O)CC[C@@H]23)C[C@@H](O)C[C@@H]1O. The van der Waals surface area contributed by atoms with Gasteiger partial charge in [-0.2, -0.15) is 0 Å². The van der Waals surface area contributed by atoms with Crippen molar-refractivity contribution < 1.29 is 20.1 Å². The van der Waals surface area contributed by atoms with E-state index in [1.165, 1.54) is 31.3 Å². The molecule has 182 valence electrons. The van der Waals surface area contributed by atoms with Crippen LogP contribution in [-0.4, -0.2) is 45.8 Å². The van der Waals surface area contributed by atoms with Crippen LogP contribution in [-0.2, 0) is 4.74 Å². The summed E-state index contributed by atoms with van der Waals surface area (Å²) in [5.41, 5.74) is 2.97. The molecule has 32 heavy (non-hydrogen) atoms. The van der Waals surface area contributed by atoms with Crippen LogP contribution in [0.1, 0.15) is 91.9 Å². The lowest BCUT2D eigenvalue weighted by Gasteiger charge is -2.44. The van der Waals surface area contributed by atoms with Crippen LogP contribution >= 0.6 is 0 Å². The number of ether oxygens (including phenoxy) is 1. The van der Waals surface area contributed by atoms with Gasteiger partial charge < -0.3 is 20.1 Å². The molecule has 0 aromatic heterocycles. The first-order valence-electron chi connectivity index (χ1n) is 12.8. The zero-order chi connectivity index (χ0) is 23.5. The number of unbranched alkanes of at least 4 members (excludes halogenated alkanes) is 1. The number of hydrogen-bond acceptors (Lipinski definition) is 4. The Morgan fingerprint density at radius 2 is 1.97 bits per heavy atom. The second kappa shape index (κ2) is 10.5. The Morgan fingerprint density at radius 3 is 2.69 bits per heavy atom. The van der Waals surface area contributed by atoms with Crippen LogP contribution in [0.2, 0.25) is 0 Å². The summed E-state index contributed by atoms with van der Waals surface area (Å²) in [5, 5.41) is 30.1. The summed E-state index contributed by atoms with van der Waals surface area (Å²) in [5.74, 6) is 1.16. The third-order valence-corrected chi connectivity index (χ3v) is 8.43. The highest BCUT2D eigenvalue weighted by Gasteiger charge is 2.51. The molecular formula is C28H46O4. The maximum atomic E-state index is 10.1. The molecule has 3 fully saturated rings. The molecule has 4 heteroatoms. The van der Waals surface area contributed by atoms with Gasteiger partial charge in [-0.05, 0) is 107 Å². The van der Waals surface area contributed by atoms with Crippen LogP contribution < -0.4 is 0 Å². The molecule has 0 radical (unpaired) electrons. The summed E-state index contributed by atoms with van der Waals surface area (Å²) >= 11 is 0. The fourth-order valence-corrected chi connectivity index (χ4v) is 6.56. The van der Waals surface area contributed by atoms with E-state index in [1.54, 1.807) is 0 Å². The monoisotopic (exact) mass is 446 g/mol. The highest BCUT2D eigenvalue weighted by Crippen LogP contribution is 2.58. The molecule has 0 bridgehead atoms. The molecule has 0 spiro atoms. The van der Waals surface area contributed by atoms with E-state index in [0.29, 0.717) is 24.7 Å². The minimum atomic E-state index is -0.627. The Hall–Kier alpha value is -0.940. The number of aliphatic hydroxyl groups is 3. The van der Waals surface area contributed by atoms with Crippen LogP contribution in [0.4, 0.5) is 0 Å². The van der Waals surface area contributed by atoms with Gasteiger partial charge in [-0.25, -0.2) is 0 Å². The Bertz CT molecular complexity index is 715. The van der Waals surface area contributed by atoms with Gasteiger partial charge in [0.1, 0.15) is 0 Å². The summed E-state index contributed by atoms with van der Waals surface area (Å²) in [6, 6.07) is 0. The van der Waals surface area contributed by atoms with Gasteiger partial charge in [-0.3, -0.25) is 0 Å². The van der Waals surface area contributed by atoms with Gasteiger partial charge in [-0.1, -0.05) is 31.2 Å². The van der Waals surface area contributed by atoms with Crippen molar-refractivity contribution in [3.05, 3.63) is 35.5 Å². The molecule has 0 unspecified atom stereocenters. The van der Waals surface area contributed by atoms with Gasteiger partial charge in [0.05, 0.1) is 23.9 Å². The molecular weight excluding hydrogens is 400 g/mol. The molecule has 0 aromatic rings. The van der Waals surface area contributed by atoms with Crippen LogP contribution in [0, 0.1) is 17.3 Å². The highest BCUT2D eigenvalue weighted by molar-refractivity contribution is 5.38. The summed E-state index contributed by atoms with van der Waals surface area (Å²) in [4.78, 5) is 0. The third-order valence-electron chi connectivity index (χ3n) is 8.43. The first kappa shape index (κ1) is 25.7. The standard InChI is InChI=1S/C28H46O4/c1-19-22(17-23(29)18-26(19)30)11-10-21-9-8-15-28(5)24(12-13-25(21)28)20(2)32-16-7-6-14-27(3,4)31/h10-11,20,23-26,29-31H,1,6-9,12-18H2,2-5H3/b21-10+,22-11-/t20-,23-,24-,25+,26+,28-/m1/s1. The van der Waals surface area contributed by atoms with Crippen molar-refractivity contribution in [1.29, 1.82) is 0 Å². The van der Waals surface area contributed by atoms with E-state index in [-0.39, 0.29) is 11.5 Å². The predicted molar refractivity (Wildman–Crippen MR) is 130 cm³/mol. The summed E-state index contributed by atoms with van der Waals surface area (Å²) in [6.07, 6.45) is 13.4. The van der Waals surface area contributed by atoms with Gasteiger partial charge in [0.15, 0.2) is 0 Å². The Balaban J connectivity index is 1.61. The molecule has 4 nitrogen and oxygen atoms in total. The molecule has 0 aliphatic heterocycles. The van der Waals surface area contributed by atoms with E-state index in [1.807, 2.05) is 13.8 Å². The number of aliphatic hydroxyl groups excluding tert-OH is 2. The van der Waals surface area contributed by atoms with Crippen molar-refractivity contribution in [2.45, 2.75) is 116 Å².